The van der Waals surface area contributed by atoms with Gasteiger partial charge in [0.05, 0.1) is 0 Å². The summed E-state index contributed by atoms with van der Waals surface area (Å²) >= 11 is 1.25. The molecule has 0 amide bonds. The zero-order chi connectivity index (χ0) is 20.0. The van der Waals surface area contributed by atoms with E-state index in [0.717, 1.165) is 30.2 Å². The summed E-state index contributed by atoms with van der Waals surface area (Å²) < 4.78 is 32.8. The second-order valence-corrected chi connectivity index (χ2v) is 10.8. The molecule has 1 aromatic carbocycles. The summed E-state index contributed by atoms with van der Waals surface area (Å²) in [6.45, 7) is 2.80. The molecule has 3 heterocycles. The van der Waals surface area contributed by atoms with Crippen molar-refractivity contribution in [2.45, 2.75) is 30.0 Å². The minimum atomic E-state index is -3.40. The van der Waals surface area contributed by atoms with Crippen molar-refractivity contribution in [3.8, 4) is 0 Å². The number of fused-ring (bicyclic) bond motifs is 2. The lowest BCUT2D eigenvalue weighted by Crippen LogP contribution is -2.48. The summed E-state index contributed by atoms with van der Waals surface area (Å²) in [6.07, 6.45) is 3.26. The molecule has 2 aliphatic rings. The fraction of sp³-hybridized carbons (Fsp3) is 0.381. The van der Waals surface area contributed by atoms with Crippen LogP contribution in [0.5, 0.6) is 0 Å². The van der Waals surface area contributed by atoms with Gasteiger partial charge < -0.3 is 4.42 Å². The average Bonchev–Trinajstić information content (AvgIpc) is 3.39. The van der Waals surface area contributed by atoms with E-state index in [9.17, 15) is 13.2 Å². The third kappa shape index (κ3) is 3.54. The first kappa shape index (κ1) is 19.0. The van der Waals surface area contributed by atoms with Crippen molar-refractivity contribution >= 4 is 32.3 Å². The fourth-order valence-electron chi connectivity index (χ4n) is 4.33. The van der Waals surface area contributed by atoms with E-state index >= 15 is 0 Å². The Labute approximate surface area is 173 Å². The van der Waals surface area contributed by atoms with Crippen molar-refractivity contribution in [3.63, 3.8) is 0 Å². The fourth-order valence-corrected chi connectivity index (χ4v) is 6.90. The van der Waals surface area contributed by atoms with Gasteiger partial charge in [0.2, 0.25) is 0 Å². The van der Waals surface area contributed by atoms with Crippen LogP contribution in [-0.2, 0) is 29.4 Å². The Morgan fingerprint density at radius 2 is 1.79 bits per heavy atom. The van der Waals surface area contributed by atoms with Gasteiger partial charge >= 0.3 is 5.63 Å². The predicted octanol–water partition coefficient (Wildman–Crippen LogP) is 2.85. The monoisotopic (exact) mass is 430 g/mol. The van der Waals surface area contributed by atoms with E-state index < -0.39 is 10.0 Å². The first-order chi connectivity index (χ1) is 14.0. The van der Waals surface area contributed by atoms with Crippen molar-refractivity contribution in [1.82, 2.24) is 9.21 Å². The molecule has 0 saturated carbocycles. The first-order valence-corrected chi connectivity index (χ1v) is 12.2. The maximum absolute atomic E-state index is 12.7. The quantitative estimate of drug-likeness (QED) is 0.596. The van der Waals surface area contributed by atoms with E-state index in [1.54, 1.807) is 27.9 Å². The van der Waals surface area contributed by atoms with Crippen LogP contribution in [0.2, 0.25) is 0 Å². The Bertz CT molecular complexity index is 1210. The minimum absolute atomic E-state index is 0.329. The highest BCUT2D eigenvalue weighted by Crippen LogP contribution is 2.29. The molecular weight excluding hydrogens is 408 g/mol. The molecule has 0 spiro atoms. The zero-order valence-corrected chi connectivity index (χ0v) is 17.6. The molecule has 6 nitrogen and oxygen atoms in total. The van der Waals surface area contributed by atoms with Crippen LogP contribution in [0, 0.1) is 0 Å². The van der Waals surface area contributed by atoms with Crippen LogP contribution in [0.25, 0.3) is 11.0 Å². The molecule has 2 aromatic heterocycles. The third-order valence-corrected chi connectivity index (χ3v) is 9.13. The number of nitrogens with zero attached hydrogens (tertiary/aromatic N) is 2. The van der Waals surface area contributed by atoms with Crippen LogP contribution in [0.3, 0.4) is 0 Å². The largest absolute Gasteiger partial charge is 0.423 e. The minimum Gasteiger partial charge on any atom is -0.423 e. The molecule has 1 saturated heterocycles. The van der Waals surface area contributed by atoms with Crippen LogP contribution in [0.4, 0.5) is 0 Å². The molecule has 0 radical (unpaired) electrons. The van der Waals surface area contributed by atoms with Gasteiger partial charge in [0.15, 0.2) is 0 Å². The maximum atomic E-state index is 12.7. The molecule has 152 valence electrons. The number of aryl methyl sites for hydroxylation is 2. The Balaban J connectivity index is 1.36. The lowest BCUT2D eigenvalue weighted by Gasteiger charge is -2.33. The molecule has 29 heavy (non-hydrogen) atoms. The molecule has 0 bridgehead atoms. The van der Waals surface area contributed by atoms with Crippen molar-refractivity contribution in [2.75, 3.05) is 26.2 Å². The Morgan fingerprint density at radius 1 is 1.03 bits per heavy atom. The van der Waals surface area contributed by atoms with E-state index in [2.05, 4.69) is 11.0 Å². The SMILES string of the molecule is O=c1cc(CN2CCN(S(=O)(=O)c3cccs3)CC2)c2cc3c(cc2o1)CCC3. The number of rotatable bonds is 4. The Morgan fingerprint density at radius 3 is 2.52 bits per heavy atom. The maximum Gasteiger partial charge on any atom is 0.336 e. The highest BCUT2D eigenvalue weighted by atomic mass is 32.2. The first-order valence-electron chi connectivity index (χ1n) is 9.85. The molecule has 3 aromatic rings. The van der Waals surface area contributed by atoms with Crippen molar-refractivity contribution in [1.29, 1.82) is 0 Å². The van der Waals surface area contributed by atoms with Gasteiger partial charge in [-0.1, -0.05) is 6.07 Å². The van der Waals surface area contributed by atoms with Gasteiger partial charge in [-0.15, -0.1) is 11.3 Å². The Hall–Kier alpha value is -2.00. The second-order valence-electron chi connectivity index (χ2n) is 7.67. The van der Waals surface area contributed by atoms with E-state index in [-0.39, 0.29) is 5.63 Å². The summed E-state index contributed by atoms with van der Waals surface area (Å²) in [5.41, 5.74) is 3.92. The normalized spacial score (nSPS) is 18.3. The molecule has 0 unspecified atom stereocenters. The van der Waals surface area contributed by atoms with Crippen molar-refractivity contribution in [2.24, 2.45) is 0 Å². The van der Waals surface area contributed by atoms with Gasteiger partial charge in [0.1, 0.15) is 9.79 Å². The molecular formula is C21H22N2O4S2. The zero-order valence-electron chi connectivity index (χ0n) is 16.0. The summed E-state index contributed by atoms with van der Waals surface area (Å²) in [4.78, 5) is 14.3. The van der Waals surface area contributed by atoms with Crippen LogP contribution in [0.1, 0.15) is 23.1 Å². The van der Waals surface area contributed by atoms with Crippen molar-refractivity contribution < 1.29 is 12.8 Å². The number of sulfonamides is 1. The predicted molar refractivity (Wildman–Crippen MR) is 113 cm³/mol. The lowest BCUT2D eigenvalue weighted by molar-refractivity contribution is 0.182. The average molecular weight is 431 g/mol. The highest BCUT2D eigenvalue weighted by Gasteiger charge is 2.29. The molecule has 1 aliphatic heterocycles. The summed E-state index contributed by atoms with van der Waals surface area (Å²) in [5.74, 6) is 0. The molecule has 0 N–H and O–H groups in total. The molecule has 5 rings (SSSR count). The highest BCUT2D eigenvalue weighted by molar-refractivity contribution is 7.91. The number of benzene rings is 1. The van der Waals surface area contributed by atoms with Gasteiger partial charge in [0.25, 0.3) is 10.0 Å². The summed E-state index contributed by atoms with van der Waals surface area (Å²) in [6, 6.07) is 9.19. The van der Waals surface area contributed by atoms with Crippen LogP contribution in [-0.4, -0.2) is 43.8 Å². The molecule has 1 fully saturated rings. The molecule has 1 aliphatic carbocycles. The van der Waals surface area contributed by atoms with Crippen LogP contribution >= 0.6 is 11.3 Å². The number of hydrogen-bond donors (Lipinski definition) is 0. The number of hydrogen-bond acceptors (Lipinski definition) is 6. The van der Waals surface area contributed by atoms with Gasteiger partial charge in [0, 0.05) is 44.2 Å². The number of piperazine rings is 1. The van der Waals surface area contributed by atoms with Gasteiger partial charge in [-0.3, -0.25) is 4.90 Å². The topological polar surface area (TPSA) is 70.8 Å². The van der Waals surface area contributed by atoms with Crippen LogP contribution in [0.15, 0.2) is 49.1 Å². The smallest absolute Gasteiger partial charge is 0.336 e. The van der Waals surface area contributed by atoms with E-state index in [1.165, 1.54) is 22.5 Å². The molecule has 8 heteroatoms. The number of thiophene rings is 1. The van der Waals surface area contributed by atoms with Gasteiger partial charge in [-0.25, -0.2) is 13.2 Å². The van der Waals surface area contributed by atoms with E-state index in [1.807, 2.05) is 6.07 Å². The van der Waals surface area contributed by atoms with Crippen molar-refractivity contribution in [3.05, 3.63) is 62.8 Å². The Kier molecular flexibility index (Phi) is 4.82. The standard InChI is InChI=1S/C21H22N2O4S2/c24-20-13-17(18-11-15-3-1-4-16(15)12-19(18)27-20)14-22-6-8-23(9-7-22)29(25,26)21-5-2-10-28-21/h2,5,10-13H,1,3-4,6-9,14H2. The van der Waals surface area contributed by atoms with E-state index in [4.69, 9.17) is 4.42 Å². The second kappa shape index (κ2) is 7.36. The third-order valence-electron chi connectivity index (χ3n) is 5.86. The molecule has 0 atom stereocenters. The van der Waals surface area contributed by atoms with Gasteiger partial charge in [-0.05, 0) is 59.5 Å². The summed E-state index contributed by atoms with van der Waals surface area (Å²) in [7, 11) is -3.40. The van der Waals surface area contributed by atoms with E-state index in [0.29, 0.717) is 42.5 Å². The van der Waals surface area contributed by atoms with Crippen LogP contribution < -0.4 is 5.63 Å². The van der Waals surface area contributed by atoms with Gasteiger partial charge in [-0.2, -0.15) is 4.31 Å². The lowest BCUT2D eigenvalue weighted by atomic mass is 10.0. The summed E-state index contributed by atoms with van der Waals surface area (Å²) in [5, 5.41) is 2.78.